The summed E-state index contributed by atoms with van der Waals surface area (Å²) >= 11 is 1.77. The summed E-state index contributed by atoms with van der Waals surface area (Å²) in [5.74, 6) is -1.24. The Morgan fingerprint density at radius 1 is 1.15 bits per heavy atom. The minimum absolute atomic E-state index is 0.133. The molecule has 0 spiro atoms. The van der Waals surface area contributed by atoms with Crippen molar-refractivity contribution in [1.29, 1.82) is 0 Å². The highest BCUT2D eigenvalue weighted by atomic mass is 32.2. The molecule has 0 aliphatic carbocycles. The van der Waals surface area contributed by atoms with Crippen LogP contribution >= 0.6 is 11.8 Å². The maximum absolute atomic E-state index is 11.5. The fourth-order valence-corrected chi connectivity index (χ4v) is 1.98. The van der Waals surface area contributed by atoms with E-state index in [9.17, 15) is 14.4 Å². The predicted molar refractivity (Wildman–Crippen MR) is 77.1 cm³/mol. The molecule has 0 heterocycles. The minimum atomic E-state index is -1.23. The number of aliphatic carboxylic acids is 2. The SMILES string of the molecule is CSCCCCCNC(=O)NC(CCC(=O)O)C(=O)O. The van der Waals surface area contributed by atoms with Gasteiger partial charge in [0, 0.05) is 13.0 Å². The molecule has 20 heavy (non-hydrogen) atoms. The van der Waals surface area contributed by atoms with E-state index in [-0.39, 0.29) is 12.8 Å². The molecule has 0 fully saturated rings. The van der Waals surface area contributed by atoms with Crippen molar-refractivity contribution in [3.8, 4) is 0 Å². The molecule has 0 aromatic heterocycles. The van der Waals surface area contributed by atoms with Crippen molar-refractivity contribution in [3.63, 3.8) is 0 Å². The number of thioether (sulfide) groups is 1. The maximum atomic E-state index is 11.5. The highest BCUT2D eigenvalue weighted by Crippen LogP contribution is 2.01. The molecule has 1 atom stereocenters. The van der Waals surface area contributed by atoms with Crippen molar-refractivity contribution < 1.29 is 24.6 Å². The first-order chi connectivity index (χ1) is 9.47. The molecular weight excluding hydrogens is 284 g/mol. The predicted octanol–water partition coefficient (Wildman–Crippen LogP) is 1.14. The highest BCUT2D eigenvalue weighted by molar-refractivity contribution is 7.98. The summed E-state index contributed by atoms with van der Waals surface area (Å²) in [6.07, 6.45) is 4.52. The van der Waals surface area contributed by atoms with Gasteiger partial charge in [-0.1, -0.05) is 6.42 Å². The van der Waals surface area contributed by atoms with Crippen molar-refractivity contribution in [2.45, 2.75) is 38.1 Å². The van der Waals surface area contributed by atoms with Crippen LogP contribution in [-0.2, 0) is 9.59 Å². The summed E-state index contributed by atoms with van der Waals surface area (Å²) < 4.78 is 0. The molecule has 4 N–H and O–H groups in total. The van der Waals surface area contributed by atoms with Gasteiger partial charge in [0.25, 0.3) is 0 Å². The monoisotopic (exact) mass is 306 g/mol. The first kappa shape index (κ1) is 18.6. The zero-order valence-corrected chi connectivity index (χ0v) is 12.4. The van der Waals surface area contributed by atoms with Gasteiger partial charge < -0.3 is 20.8 Å². The van der Waals surface area contributed by atoms with E-state index in [4.69, 9.17) is 10.2 Å². The van der Waals surface area contributed by atoms with E-state index < -0.39 is 24.0 Å². The van der Waals surface area contributed by atoms with Gasteiger partial charge in [0.05, 0.1) is 0 Å². The van der Waals surface area contributed by atoms with Crippen molar-refractivity contribution in [2.24, 2.45) is 0 Å². The van der Waals surface area contributed by atoms with E-state index >= 15 is 0 Å². The summed E-state index contributed by atoms with van der Waals surface area (Å²) in [5.41, 5.74) is 0. The van der Waals surface area contributed by atoms with Crippen LogP contribution in [0.2, 0.25) is 0 Å². The van der Waals surface area contributed by atoms with Crippen LogP contribution in [0.25, 0.3) is 0 Å². The Morgan fingerprint density at radius 2 is 1.85 bits per heavy atom. The Kier molecular flexibility index (Phi) is 10.6. The standard InChI is InChI=1S/C12H22N2O5S/c1-20-8-4-2-3-7-13-12(19)14-9(11(17)18)5-6-10(15)16/h9H,2-8H2,1H3,(H,15,16)(H,17,18)(H2,13,14,19). The number of rotatable bonds is 11. The molecule has 8 heteroatoms. The second-order valence-corrected chi connectivity index (χ2v) is 5.26. The number of unbranched alkanes of at least 4 members (excludes halogenated alkanes) is 2. The van der Waals surface area contributed by atoms with Gasteiger partial charge in [-0.15, -0.1) is 0 Å². The van der Waals surface area contributed by atoms with E-state index in [1.165, 1.54) is 0 Å². The number of carbonyl (C=O) groups is 3. The Labute approximate surface area is 122 Å². The average molecular weight is 306 g/mol. The zero-order chi connectivity index (χ0) is 15.4. The molecule has 0 rings (SSSR count). The molecule has 0 saturated heterocycles. The number of nitrogens with one attached hydrogen (secondary N) is 2. The van der Waals surface area contributed by atoms with Crippen LogP contribution in [0.15, 0.2) is 0 Å². The molecule has 0 aromatic carbocycles. The van der Waals surface area contributed by atoms with Crippen LogP contribution in [0.5, 0.6) is 0 Å². The number of carboxylic acids is 2. The molecule has 0 saturated carbocycles. The van der Waals surface area contributed by atoms with Gasteiger partial charge in [-0.25, -0.2) is 9.59 Å². The topological polar surface area (TPSA) is 116 Å². The largest absolute Gasteiger partial charge is 0.481 e. The average Bonchev–Trinajstić information content (AvgIpc) is 2.38. The lowest BCUT2D eigenvalue weighted by atomic mass is 10.1. The number of hydrogen-bond acceptors (Lipinski definition) is 4. The number of carbonyl (C=O) groups excluding carboxylic acids is 1. The Balaban J connectivity index is 3.84. The zero-order valence-electron chi connectivity index (χ0n) is 11.6. The van der Waals surface area contributed by atoms with Crippen LogP contribution in [-0.4, -0.2) is 52.8 Å². The smallest absolute Gasteiger partial charge is 0.326 e. The Hall–Kier alpha value is -1.44. The molecule has 7 nitrogen and oxygen atoms in total. The summed E-state index contributed by atoms with van der Waals surface area (Å²) in [5, 5.41) is 22.2. The van der Waals surface area contributed by atoms with Crippen LogP contribution < -0.4 is 10.6 Å². The molecule has 2 amide bonds. The summed E-state index contributed by atoms with van der Waals surface area (Å²) in [6, 6.07) is -1.75. The molecular formula is C12H22N2O5S. The lowest BCUT2D eigenvalue weighted by molar-refractivity contribution is -0.140. The number of amides is 2. The number of carboxylic acid groups (broad SMARTS) is 2. The Bertz CT molecular complexity index is 325. The van der Waals surface area contributed by atoms with E-state index in [1.807, 2.05) is 6.26 Å². The van der Waals surface area contributed by atoms with Gasteiger partial charge >= 0.3 is 18.0 Å². The highest BCUT2D eigenvalue weighted by Gasteiger charge is 2.20. The molecule has 0 aliphatic rings. The quantitative estimate of drug-likeness (QED) is 0.425. The first-order valence-corrected chi connectivity index (χ1v) is 7.84. The fourth-order valence-electron chi connectivity index (χ4n) is 1.48. The van der Waals surface area contributed by atoms with E-state index in [0.717, 1.165) is 25.0 Å². The third-order valence-corrected chi connectivity index (χ3v) is 3.26. The maximum Gasteiger partial charge on any atom is 0.326 e. The van der Waals surface area contributed by atoms with E-state index in [0.29, 0.717) is 6.54 Å². The van der Waals surface area contributed by atoms with Crippen LogP contribution in [0.3, 0.4) is 0 Å². The normalized spacial score (nSPS) is 11.7. The Morgan fingerprint density at radius 3 is 2.40 bits per heavy atom. The van der Waals surface area contributed by atoms with Crippen molar-refractivity contribution in [3.05, 3.63) is 0 Å². The molecule has 0 bridgehead atoms. The summed E-state index contributed by atoms with van der Waals surface area (Å²) in [4.78, 5) is 32.7. The van der Waals surface area contributed by atoms with Gasteiger partial charge in [0.2, 0.25) is 0 Å². The second kappa shape index (κ2) is 11.4. The van der Waals surface area contributed by atoms with E-state index in [1.54, 1.807) is 11.8 Å². The van der Waals surface area contributed by atoms with Gasteiger partial charge in [0.15, 0.2) is 0 Å². The van der Waals surface area contributed by atoms with Gasteiger partial charge in [-0.2, -0.15) is 11.8 Å². The van der Waals surface area contributed by atoms with Gasteiger partial charge in [0.1, 0.15) is 6.04 Å². The molecule has 116 valence electrons. The van der Waals surface area contributed by atoms with Crippen molar-refractivity contribution in [2.75, 3.05) is 18.6 Å². The summed E-state index contributed by atoms with van der Waals surface area (Å²) in [7, 11) is 0. The van der Waals surface area contributed by atoms with Crippen molar-refractivity contribution in [1.82, 2.24) is 10.6 Å². The van der Waals surface area contributed by atoms with Gasteiger partial charge in [-0.05, 0) is 31.3 Å². The number of hydrogen-bond donors (Lipinski definition) is 4. The molecule has 0 aliphatic heterocycles. The third kappa shape index (κ3) is 10.5. The van der Waals surface area contributed by atoms with E-state index in [2.05, 4.69) is 10.6 Å². The molecule has 1 unspecified atom stereocenters. The summed E-state index contributed by atoms with van der Waals surface area (Å²) in [6.45, 7) is 0.478. The van der Waals surface area contributed by atoms with Crippen molar-refractivity contribution >= 4 is 29.7 Å². The van der Waals surface area contributed by atoms with Crippen LogP contribution in [0, 0.1) is 0 Å². The fraction of sp³-hybridized carbons (Fsp3) is 0.750. The molecule has 0 aromatic rings. The van der Waals surface area contributed by atoms with Crippen LogP contribution in [0.4, 0.5) is 4.79 Å². The second-order valence-electron chi connectivity index (χ2n) is 4.28. The van der Waals surface area contributed by atoms with Crippen LogP contribution in [0.1, 0.15) is 32.1 Å². The molecule has 0 radical (unpaired) electrons. The number of urea groups is 1. The third-order valence-electron chi connectivity index (χ3n) is 2.56. The van der Waals surface area contributed by atoms with Gasteiger partial charge in [-0.3, -0.25) is 4.79 Å². The first-order valence-electron chi connectivity index (χ1n) is 6.45. The lowest BCUT2D eigenvalue weighted by Crippen LogP contribution is -2.46. The lowest BCUT2D eigenvalue weighted by Gasteiger charge is -2.14. The minimum Gasteiger partial charge on any atom is -0.481 e.